The van der Waals surface area contributed by atoms with Crippen LogP contribution in [0, 0.1) is 6.92 Å². The molecule has 33 heavy (non-hydrogen) atoms. The van der Waals surface area contributed by atoms with Gasteiger partial charge < -0.3 is 16.0 Å². The summed E-state index contributed by atoms with van der Waals surface area (Å²) in [7, 11) is 0. The van der Waals surface area contributed by atoms with Gasteiger partial charge in [-0.25, -0.2) is 9.59 Å². The molecule has 1 unspecified atom stereocenters. The topological polar surface area (TPSA) is 99.3 Å². The first-order valence-corrected chi connectivity index (χ1v) is 10.7. The first kappa shape index (κ1) is 22.1. The Morgan fingerprint density at radius 1 is 0.848 bits per heavy atom. The number of imide groups is 1. The van der Waals surface area contributed by atoms with Crippen LogP contribution in [-0.2, 0) is 23.4 Å². The molecule has 1 aliphatic rings. The Kier molecular flexibility index (Phi) is 6.13. The predicted octanol–water partition coefficient (Wildman–Crippen LogP) is 3.72. The lowest BCUT2D eigenvalue weighted by atomic mass is 9.91. The van der Waals surface area contributed by atoms with E-state index in [1.165, 1.54) is 5.56 Å². The van der Waals surface area contributed by atoms with Crippen LogP contribution in [-0.4, -0.2) is 18.0 Å². The van der Waals surface area contributed by atoms with Crippen LogP contribution in [0.3, 0.4) is 0 Å². The quantitative estimate of drug-likeness (QED) is 0.438. The van der Waals surface area contributed by atoms with Crippen LogP contribution in [0.5, 0.6) is 0 Å². The van der Waals surface area contributed by atoms with E-state index in [0.717, 1.165) is 22.3 Å². The van der Waals surface area contributed by atoms with Gasteiger partial charge in [-0.05, 0) is 41.7 Å². The minimum Gasteiger partial charge on any atom is -0.334 e. The SMILES string of the molecule is Cc1cccc(-c2ccc(CNC(=O)NCc3cccc(C4(C)NC(=O)NC4=O)c3)cc2)c1. The van der Waals surface area contributed by atoms with Crippen molar-refractivity contribution in [1.82, 2.24) is 21.3 Å². The summed E-state index contributed by atoms with van der Waals surface area (Å²) in [5.74, 6) is -0.399. The Morgan fingerprint density at radius 3 is 2.21 bits per heavy atom. The Morgan fingerprint density at radius 2 is 1.55 bits per heavy atom. The van der Waals surface area contributed by atoms with Gasteiger partial charge >= 0.3 is 12.1 Å². The zero-order chi connectivity index (χ0) is 23.4. The maximum atomic E-state index is 12.3. The number of nitrogens with one attached hydrogen (secondary N) is 4. The highest BCUT2D eigenvalue weighted by molar-refractivity contribution is 6.07. The molecule has 1 fully saturated rings. The number of hydrogen-bond acceptors (Lipinski definition) is 3. The number of urea groups is 2. The molecule has 4 N–H and O–H groups in total. The number of amides is 5. The van der Waals surface area contributed by atoms with Crippen LogP contribution < -0.4 is 21.3 Å². The van der Waals surface area contributed by atoms with Gasteiger partial charge in [-0.1, -0.05) is 78.4 Å². The lowest BCUT2D eigenvalue weighted by molar-refractivity contribution is -0.123. The molecule has 4 rings (SSSR count). The summed E-state index contributed by atoms with van der Waals surface area (Å²) in [6, 6.07) is 22.9. The van der Waals surface area contributed by atoms with Gasteiger partial charge in [0.2, 0.25) is 0 Å². The van der Waals surface area contributed by atoms with Crippen LogP contribution in [0.15, 0.2) is 72.8 Å². The van der Waals surface area contributed by atoms with E-state index in [-0.39, 0.29) is 12.6 Å². The van der Waals surface area contributed by atoms with Crippen molar-refractivity contribution in [2.24, 2.45) is 0 Å². The van der Waals surface area contributed by atoms with E-state index in [1.54, 1.807) is 25.1 Å². The smallest absolute Gasteiger partial charge is 0.322 e. The zero-order valence-corrected chi connectivity index (χ0v) is 18.6. The third-order valence-electron chi connectivity index (χ3n) is 5.76. The van der Waals surface area contributed by atoms with Crippen LogP contribution >= 0.6 is 0 Å². The summed E-state index contributed by atoms with van der Waals surface area (Å²) >= 11 is 0. The second-order valence-corrected chi connectivity index (χ2v) is 8.34. The molecule has 1 aliphatic heterocycles. The number of benzene rings is 3. The number of hydrogen-bond donors (Lipinski definition) is 4. The first-order valence-electron chi connectivity index (χ1n) is 10.7. The molecule has 5 amide bonds. The lowest BCUT2D eigenvalue weighted by Crippen LogP contribution is -2.40. The maximum absolute atomic E-state index is 12.3. The van der Waals surface area contributed by atoms with Crippen LogP contribution in [0.4, 0.5) is 9.59 Å². The molecule has 1 atom stereocenters. The highest BCUT2D eigenvalue weighted by Crippen LogP contribution is 2.25. The summed E-state index contributed by atoms with van der Waals surface area (Å²) in [4.78, 5) is 35.9. The second kappa shape index (κ2) is 9.16. The van der Waals surface area contributed by atoms with Gasteiger partial charge in [0.1, 0.15) is 5.54 Å². The van der Waals surface area contributed by atoms with E-state index in [1.807, 2.05) is 36.4 Å². The lowest BCUT2D eigenvalue weighted by Gasteiger charge is -2.21. The molecule has 0 radical (unpaired) electrons. The summed E-state index contributed by atoms with van der Waals surface area (Å²) in [6.45, 7) is 4.42. The Hall–Kier alpha value is -4.13. The van der Waals surface area contributed by atoms with E-state index in [4.69, 9.17) is 0 Å². The molecule has 1 saturated heterocycles. The molecular formula is C26H26N4O3. The van der Waals surface area contributed by atoms with Crippen molar-refractivity contribution < 1.29 is 14.4 Å². The summed E-state index contributed by atoms with van der Waals surface area (Å²) in [5, 5.41) is 10.6. The minimum atomic E-state index is -1.13. The van der Waals surface area contributed by atoms with Gasteiger partial charge in [0.15, 0.2) is 0 Å². The first-order chi connectivity index (χ1) is 15.8. The van der Waals surface area contributed by atoms with E-state index >= 15 is 0 Å². The normalized spacial score (nSPS) is 17.3. The highest BCUT2D eigenvalue weighted by atomic mass is 16.2. The van der Waals surface area contributed by atoms with Gasteiger partial charge in [0.25, 0.3) is 5.91 Å². The molecule has 0 spiro atoms. The van der Waals surface area contributed by atoms with Crippen LogP contribution in [0.2, 0.25) is 0 Å². The molecule has 7 nitrogen and oxygen atoms in total. The molecule has 7 heteroatoms. The van der Waals surface area contributed by atoms with Crippen LogP contribution in [0.25, 0.3) is 11.1 Å². The number of carbonyl (C=O) groups is 3. The van der Waals surface area contributed by atoms with Crippen molar-refractivity contribution in [3.63, 3.8) is 0 Å². The minimum absolute atomic E-state index is 0.289. The molecule has 1 heterocycles. The molecule has 3 aromatic carbocycles. The van der Waals surface area contributed by atoms with Gasteiger partial charge in [-0.3, -0.25) is 10.1 Å². The maximum Gasteiger partial charge on any atom is 0.322 e. The van der Waals surface area contributed by atoms with Crippen LogP contribution in [0.1, 0.15) is 29.2 Å². The Balaban J connectivity index is 1.30. The third-order valence-corrected chi connectivity index (χ3v) is 5.76. The van der Waals surface area contributed by atoms with Crippen molar-refractivity contribution in [2.75, 3.05) is 0 Å². The molecule has 0 aliphatic carbocycles. The van der Waals surface area contributed by atoms with E-state index in [9.17, 15) is 14.4 Å². The number of aryl methyl sites for hydroxylation is 1. The fourth-order valence-electron chi connectivity index (χ4n) is 3.81. The molecule has 168 valence electrons. The Labute approximate surface area is 192 Å². The third kappa shape index (κ3) is 5.03. The summed E-state index contributed by atoms with van der Waals surface area (Å²) in [5.41, 5.74) is 4.86. The summed E-state index contributed by atoms with van der Waals surface area (Å²) in [6.07, 6.45) is 0. The molecule has 0 bridgehead atoms. The molecule has 3 aromatic rings. The number of rotatable bonds is 6. The molecular weight excluding hydrogens is 416 g/mol. The molecule has 0 aromatic heterocycles. The Bertz CT molecular complexity index is 1210. The van der Waals surface area contributed by atoms with E-state index in [2.05, 4.69) is 46.4 Å². The second-order valence-electron chi connectivity index (χ2n) is 8.34. The average Bonchev–Trinajstić information content (AvgIpc) is 3.09. The van der Waals surface area contributed by atoms with E-state index in [0.29, 0.717) is 12.1 Å². The number of carbonyl (C=O) groups excluding carboxylic acids is 3. The highest BCUT2D eigenvalue weighted by Gasteiger charge is 2.43. The van der Waals surface area contributed by atoms with Crippen molar-refractivity contribution in [2.45, 2.75) is 32.5 Å². The van der Waals surface area contributed by atoms with Crippen molar-refractivity contribution in [3.8, 4) is 11.1 Å². The van der Waals surface area contributed by atoms with Crippen molar-refractivity contribution in [3.05, 3.63) is 95.1 Å². The predicted molar refractivity (Wildman–Crippen MR) is 126 cm³/mol. The van der Waals surface area contributed by atoms with E-state index < -0.39 is 17.5 Å². The van der Waals surface area contributed by atoms with Crippen molar-refractivity contribution >= 4 is 18.0 Å². The van der Waals surface area contributed by atoms with Gasteiger partial charge in [0.05, 0.1) is 0 Å². The standard InChI is InChI=1S/C26H26N4O3/c1-17-5-3-7-21(13-17)20-11-9-18(10-12-20)15-27-24(32)28-16-19-6-4-8-22(14-19)26(2)23(31)29-25(33)30-26/h3-14H,15-16H2,1-2H3,(H2,27,28,32)(H2,29,30,31,33). The zero-order valence-electron chi connectivity index (χ0n) is 18.6. The fourth-order valence-corrected chi connectivity index (χ4v) is 3.81. The largest absolute Gasteiger partial charge is 0.334 e. The van der Waals surface area contributed by atoms with Gasteiger partial charge in [0, 0.05) is 13.1 Å². The summed E-state index contributed by atoms with van der Waals surface area (Å²) < 4.78 is 0. The van der Waals surface area contributed by atoms with Crippen molar-refractivity contribution in [1.29, 1.82) is 0 Å². The fraction of sp³-hybridized carbons (Fsp3) is 0.192. The average molecular weight is 443 g/mol. The van der Waals surface area contributed by atoms with Gasteiger partial charge in [-0.2, -0.15) is 0 Å². The monoisotopic (exact) mass is 442 g/mol. The molecule has 0 saturated carbocycles. The van der Waals surface area contributed by atoms with Gasteiger partial charge in [-0.15, -0.1) is 0 Å².